The Kier molecular flexibility index (Phi) is 4.92. The molecule has 0 saturated heterocycles. The van der Waals surface area contributed by atoms with Crippen LogP contribution in [0.5, 0.6) is 17.2 Å². The third-order valence-corrected chi connectivity index (χ3v) is 2.57. The molecule has 0 bridgehead atoms. The lowest BCUT2D eigenvalue weighted by molar-refractivity contribution is -0.123. The summed E-state index contributed by atoms with van der Waals surface area (Å²) in [6, 6.07) is 9.52. The number of carbonyl (C=O) groups excluding carboxylic acids is 1. The topological polar surface area (TPSA) is 91.2 Å². The lowest BCUT2D eigenvalue weighted by Gasteiger charge is -2.04. The summed E-state index contributed by atoms with van der Waals surface area (Å²) < 4.78 is 18.0. The van der Waals surface area contributed by atoms with Crippen molar-refractivity contribution >= 4 is 12.1 Å². The molecular weight excluding hydrogens is 291 g/mol. The summed E-state index contributed by atoms with van der Waals surface area (Å²) in [4.78, 5) is 11.5. The molecule has 3 N–H and O–H groups in total. The molecule has 2 rings (SSSR count). The maximum Gasteiger partial charge on any atom is 0.277 e. The average Bonchev–Trinajstić information content (AvgIpc) is 2.49. The molecular formula is C15H13FN2O4. The number of hydrogen-bond acceptors (Lipinski definition) is 5. The highest BCUT2D eigenvalue weighted by Gasteiger charge is 2.02. The van der Waals surface area contributed by atoms with E-state index in [1.807, 2.05) is 0 Å². The van der Waals surface area contributed by atoms with E-state index in [9.17, 15) is 14.3 Å². The van der Waals surface area contributed by atoms with E-state index in [2.05, 4.69) is 10.5 Å². The molecule has 2 aromatic carbocycles. The largest absolute Gasteiger partial charge is 0.504 e. The number of ether oxygens (including phenoxy) is 1. The van der Waals surface area contributed by atoms with E-state index in [-0.39, 0.29) is 23.9 Å². The molecule has 0 aliphatic heterocycles. The molecule has 0 fully saturated rings. The van der Waals surface area contributed by atoms with Gasteiger partial charge in [0, 0.05) is 6.07 Å². The van der Waals surface area contributed by atoms with Crippen molar-refractivity contribution in [2.75, 3.05) is 6.61 Å². The molecule has 1 amide bonds. The summed E-state index contributed by atoms with van der Waals surface area (Å²) in [7, 11) is 0. The fourth-order valence-corrected chi connectivity index (χ4v) is 1.54. The Hall–Kier alpha value is -3.09. The number of phenolic OH excluding ortho intramolecular Hbond substituents is 2. The zero-order valence-corrected chi connectivity index (χ0v) is 11.4. The van der Waals surface area contributed by atoms with E-state index >= 15 is 0 Å². The van der Waals surface area contributed by atoms with Gasteiger partial charge in [0.25, 0.3) is 5.91 Å². The summed E-state index contributed by atoms with van der Waals surface area (Å²) in [6.07, 6.45) is 1.29. The minimum atomic E-state index is -0.525. The Morgan fingerprint density at radius 3 is 2.77 bits per heavy atom. The van der Waals surface area contributed by atoms with Gasteiger partial charge < -0.3 is 14.9 Å². The molecule has 6 nitrogen and oxygen atoms in total. The Balaban J connectivity index is 1.82. The molecule has 0 radical (unpaired) electrons. The van der Waals surface area contributed by atoms with Crippen LogP contribution in [0.4, 0.5) is 4.39 Å². The summed E-state index contributed by atoms with van der Waals surface area (Å²) in [5, 5.41) is 22.1. The SMILES string of the molecule is O=C(COc1cccc(F)c1)N/N=C/c1ccc(O)c(O)c1. The van der Waals surface area contributed by atoms with Crippen LogP contribution in [-0.4, -0.2) is 28.9 Å². The molecule has 0 aromatic heterocycles. The van der Waals surface area contributed by atoms with Crippen LogP contribution in [0.1, 0.15) is 5.56 Å². The normalized spacial score (nSPS) is 10.6. The van der Waals surface area contributed by atoms with Gasteiger partial charge in [-0.25, -0.2) is 9.82 Å². The molecule has 0 aliphatic carbocycles. The number of benzene rings is 2. The molecule has 0 saturated carbocycles. The number of amides is 1. The molecule has 0 atom stereocenters. The number of halogens is 1. The highest BCUT2D eigenvalue weighted by Crippen LogP contribution is 2.23. The van der Waals surface area contributed by atoms with Crippen LogP contribution in [0.2, 0.25) is 0 Å². The van der Waals surface area contributed by atoms with Crippen molar-refractivity contribution in [2.45, 2.75) is 0 Å². The third kappa shape index (κ3) is 4.48. The molecule has 2 aromatic rings. The third-order valence-electron chi connectivity index (χ3n) is 2.57. The molecule has 0 unspecified atom stereocenters. The first-order valence-corrected chi connectivity index (χ1v) is 6.27. The molecule has 0 spiro atoms. The predicted octanol–water partition coefficient (Wildman–Crippen LogP) is 1.77. The van der Waals surface area contributed by atoms with Gasteiger partial charge in [0.1, 0.15) is 11.6 Å². The van der Waals surface area contributed by atoms with Crippen molar-refractivity contribution in [2.24, 2.45) is 5.10 Å². The lowest BCUT2D eigenvalue weighted by atomic mass is 10.2. The van der Waals surface area contributed by atoms with Crippen LogP contribution in [0, 0.1) is 5.82 Å². The van der Waals surface area contributed by atoms with E-state index in [0.717, 1.165) is 6.07 Å². The molecule has 0 aliphatic rings. The Morgan fingerprint density at radius 1 is 1.23 bits per heavy atom. The number of nitrogens with zero attached hydrogens (tertiary/aromatic N) is 1. The average molecular weight is 304 g/mol. The van der Waals surface area contributed by atoms with Gasteiger partial charge in [-0.3, -0.25) is 4.79 Å². The van der Waals surface area contributed by atoms with Gasteiger partial charge in [-0.05, 0) is 35.9 Å². The van der Waals surface area contributed by atoms with Crippen molar-refractivity contribution in [3.8, 4) is 17.2 Å². The standard InChI is InChI=1S/C15H13FN2O4/c16-11-2-1-3-12(7-11)22-9-15(21)18-17-8-10-4-5-13(19)14(20)6-10/h1-8,19-20H,9H2,(H,18,21)/b17-8+. The summed E-state index contributed by atoms with van der Waals surface area (Å²) in [6.45, 7) is -0.318. The van der Waals surface area contributed by atoms with Crippen molar-refractivity contribution in [1.29, 1.82) is 0 Å². The second kappa shape index (κ2) is 7.07. The second-order valence-corrected chi connectivity index (χ2v) is 4.29. The van der Waals surface area contributed by atoms with Gasteiger partial charge in [0.05, 0.1) is 6.21 Å². The van der Waals surface area contributed by atoms with Gasteiger partial charge in [-0.1, -0.05) is 6.07 Å². The second-order valence-electron chi connectivity index (χ2n) is 4.29. The fourth-order valence-electron chi connectivity index (χ4n) is 1.54. The van der Waals surface area contributed by atoms with Gasteiger partial charge in [0.2, 0.25) is 0 Å². The van der Waals surface area contributed by atoms with E-state index in [4.69, 9.17) is 9.84 Å². The molecule has 114 valence electrons. The monoisotopic (exact) mass is 304 g/mol. The number of carbonyl (C=O) groups is 1. The van der Waals surface area contributed by atoms with Crippen LogP contribution in [0.25, 0.3) is 0 Å². The van der Waals surface area contributed by atoms with Crippen molar-refractivity contribution in [3.63, 3.8) is 0 Å². The summed E-state index contributed by atoms with van der Waals surface area (Å²) in [5.41, 5.74) is 2.71. The van der Waals surface area contributed by atoms with Crippen LogP contribution in [0.3, 0.4) is 0 Å². The number of phenols is 2. The highest BCUT2D eigenvalue weighted by molar-refractivity contribution is 5.83. The van der Waals surface area contributed by atoms with Gasteiger partial charge in [-0.2, -0.15) is 5.10 Å². The lowest BCUT2D eigenvalue weighted by Crippen LogP contribution is -2.24. The molecule has 22 heavy (non-hydrogen) atoms. The smallest absolute Gasteiger partial charge is 0.277 e. The number of rotatable bonds is 5. The molecule has 7 heteroatoms. The van der Waals surface area contributed by atoms with Gasteiger partial charge >= 0.3 is 0 Å². The van der Waals surface area contributed by atoms with E-state index in [1.54, 1.807) is 0 Å². The molecule has 0 heterocycles. The minimum Gasteiger partial charge on any atom is -0.504 e. The maximum absolute atomic E-state index is 12.9. The number of hydrazone groups is 1. The fraction of sp³-hybridized carbons (Fsp3) is 0.0667. The predicted molar refractivity (Wildman–Crippen MR) is 77.4 cm³/mol. The Labute approximate surface area is 125 Å². The van der Waals surface area contributed by atoms with Crippen LogP contribution in [0.15, 0.2) is 47.6 Å². The highest BCUT2D eigenvalue weighted by atomic mass is 19.1. The zero-order chi connectivity index (χ0) is 15.9. The van der Waals surface area contributed by atoms with Crippen LogP contribution < -0.4 is 10.2 Å². The Bertz CT molecular complexity index is 704. The van der Waals surface area contributed by atoms with Crippen molar-refractivity contribution in [1.82, 2.24) is 5.43 Å². The number of nitrogens with one attached hydrogen (secondary N) is 1. The maximum atomic E-state index is 12.9. The van der Waals surface area contributed by atoms with Gasteiger partial charge in [-0.15, -0.1) is 0 Å². The van der Waals surface area contributed by atoms with E-state index in [1.165, 1.54) is 42.6 Å². The van der Waals surface area contributed by atoms with Gasteiger partial charge in [0.15, 0.2) is 18.1 Å². The van der Waals surface area contributed by atoms with E-state index in [0.29, 0.717) is 5.56 Å². The van der Waals surface area contributed by atoms with E-state index < -0.39 is 11.7 Å². The van der Waals surface area contributed by atoms with Crippen LogP contribution >= 0.6 is 0 Å². The quantitative estimate of drug-likeness (QED) is 0.446. The number of hydrogen-bond donors (Lipinski definition) is 3. The van der Waals surface area contributed by atoms with Crippen molar-refractivity contribution < 1.29 is 24.1 Å². The van der Waals surface area contributed by atoms with Crippen LogP contribution in [-0.2, 0) is 4.79 Å². The first-order valence-electron chi connectivity index (χ1n) is 6.27. The summed E-state index contributed by atoms with van der Waals surface area (Å²) >= 11 is 0. The zero-order valence-electron chi connectivity index (χ0n) is 11.4. The van der Waals surface area contributed by atoms with Crippen molar-refractivity contribution in [3.05, 3.63) is 53.8 Å². The summed E-state index contributed by atoms with van der Waals surface area (Å²) in [5.74, 6) is -1.27. The first kappa shape index (κ1) is 15.3. The first-order chi connectivity index (χ1) is 10.5. The Morgan fingerprint density at radius 2 is 2.05 bits per heavy atom. The minimum absolute atomic E-state index is 0.239. The number of aromatic hydroxyl groups is 2.